The van der Waals surface area contributed by atoms with Gasteiger partial charge in [-0.3, -0.25) is 0 Å². The van der Waals surface area contributed by atoms with Gasteiger partial charge >= 0.3 is 0 Å². The molecule has 0 amide bonds. The quantitative estimate of drug-likeness (QED) is 0.801. The molecule has 0 heterocycles. The SMILES string of the molecule is CCCNC(COC)Cc1c(C)cc(C)cc1C. The van der Waals surface area contributed by atoms with Crippen LogP contribution < -0.4 is 5.32 Å². The summed E-state index contributed by atoms with van der Waals surface area (Å²) in [5.74, 6) is 0. The molecular weight excluding hydrogens is 222 g/mol. The lowest BCUT2D eigenvalue weighted by Gasteiger charge is -2.20. The van der Waals surface area contributed by atoms with Gasteiger partial charge < -0.3 is 10.1 Å². The van der Waals surface area contributed by atoms with Crippen LogP contribution in [0.5, 0.6) is 0 Å². The van der Waals surface area contributed by atoms with Crippen LogP contribution in [0.3, 0.4) is 0 Å². The van der Waals surface area contributed by atoms with Crippen molar-refractivity contribution in [1.29, 1.82) is 0 Å². The van der Waals surface area contributed by atoms with Crippen molar-refractivity contribution in [2.24, 2.45) is 0 Å². The number of methoxy groups -OCH3 is 1. The van der Waals surface area contributed by atoms with Crippen LogP contribution in [-0.2, 0) is 11.2 Å². The lowest BCUT2D eigenvalue weighted by atomic mass is 9.94. The van der Waals surface area contributed by atoms with Gasteiger partial charge in [0.1, 0.15) is 0 Å². The molecule has 1 aromatic rings. The number of hydrogen-bond acceptors (Lipinski definition) is 2. The number of aryl methyl sites for hydroxylation is 3. The summed E-state index contributed by atoms with van der Waals surface area (Å²) in [4.78, 5) is 0. The first-order valence-electron chi connectivity index (χ1n) is 6.87. The van der Waals surface area contributed by atoms with E-state index < -0.39 is 0 Å². The molecule has 1 aromatic carbocycles. The first-order chi connectivity index (χ1) is 8.58. The van der Waals surface area contributed by atoms with Gasteiger partial charge in [-0.15, -0.1) is 0 Å². The third kappa shape index (κ3) is 4.43. The standard InChI is InChI=1S/C16H27NO/c1-6-7-17-15(11-18-5)10-16-13(3)8-12(2)9-14(16)4/h8-9,15,17H,6-7,10-11H2,1-5H3. The summed E-state index contributed by atoms with van der Waals surface area (Å²) in [7, 11) is 1.77. The smallest absolute Gasteiger partial charge is 0.0619 e. The summed E-state index contributed by atoms with van der Waals surface area (Å²) in [5, 5.41) is 3.56. The van der Waals surface area contributed by atoms with Crippen LogP contribution in [-0.4, -0.2) is 26.3 Å². The number of nitrogens with one attached hydrogen (secondary N) is 1. The normalized spacial score (nSPS) is 12.7. The molecule has 1 unspecified atom stereocenters. The predicted molar refractivity (Wildman–Crippen MR) is 78.3 cm³/mol. The van der Waals surface area contributed by atoms with Crippen LogP contribution >= 0.6 is 0 Å². The molecule has 0 bridgehead atoms. The third-order valence-electron chi connectivity index (χ3n) is 3.34. The van der Waals surface area contributed by atoms with E-state index in [0.717, 1.165) is 26.0 Å². The highest BCUT2D eigenvalue weighted by Gasteiger charge is 2.12. The summed E-state index contributed by atoms with van der Waals surface area (Å²) in [6, 6.07) is 4.95. The highest BCUT2D eigenvalue weighted by atomic mass is 16.5. The summed E-state index contributed by atoms with van der Waals surface area (Å²) < 4.78 is 5.31. The van der Waals surface area contributed by atoms with Crippen molar-refractivity contribution in [1.82, 2.24) is 5.32 Å². The largest absolute Gasteiger partial charge is 0.383 e. The maximum Gasteiger partial charge on any atom is 0.0619 e. The van der Waals surface area contributed by atoms with Gasteiger partial charge in [-0.25, -0.2) is 0 Å². The molecule has 1 N–H and O–H groups in total. The first kappa shape index (κ1) is 15.2. The average Bonchev–Trinajstić information content (AvgIpc) is 2.30. The fourth-order valence-electron chi connectivity index (χ4n) is 2.52. The number of ether oxygens (including phenoxy) is 1. The van der Waals surface area contributed by atoms with Crippen molar-refractivity contribution in [2.45, 2.75) is 46.6 Å². The zero-order valence-electron chi connectivity index (χ0n) is 12.5. The molecule has 0 aromatic heterocycles. The Morgan fingerprint density at radius 1 is 1.17 bits per heavy atom. The van der Waals surface area contributed by atoms with Gasteiger partial charge in [0.25, 0.3) is 0 Å². The average molecular weight is 249 g/mol. The van der Waals surface area contributed by atoms with Gasteiger partial charge in [0.15, 0.2) is 0 Å². The van der Waals surface area contributed by atoms with E-state index in [2.05, 4.69) is 45.1 Å². The van der Waals surface area contributed by atoms with Crippen LogP contribution in [0.4, 0.5) is 0 Å². The molecule has 0 spiro atoms. The van der Waals surface area contributed by atoms with E-state index in [0.29, 0.717) is 6.04 Å². The van der Waals surface area contributed by atoms with Gasteiger partial charge in [0, 0.05) is 13.2 Å². The summed E-state index contributed by atoms with van der Waals surface area (Å²) in [5.41, 5.74) is 5.60. The van der Waals surface area contributed by atoms with Gasteiger partial charge in [0.05, 0.1) is 6.61 Å². The van der Waals surface area contributed by atoms with Crippen LogP contribution in [0.25, 0.3) is 0 Å². The van der Waals surface area contributed by atoms with Crippen molar-refractivity contribution in [3.63, 3.8) is 0 Å². The van der Waals surface area contributed by atoms with Gasteiger partial charge in [-0.1, -0.05) is 24.6 Å². The summed E-state index contributed by atoms with van der Waals surface area (Å²) in [6.07, 6.45) is 2.21. The molecule has 0 saturated heterocycles. The van der Waals surface area contributed by atoms with Crippen LogP contribution in [0.2, 0.25) is 0 Å². The van der Waals surface area contributed by atoms with Crippen molar-refractivity contribution >= 4 is 0 Å². The maximum atomic E-state index is 5.31. The van der Waals surface area contributed by atoms with Gasteiger partial charge in [-0.2, -0.15) is 0 Å². The molecular formula is C16H27NO. The number of rotatable bonds is 7. The summed E-state index contributed by atoms with van der Waals surface area (Å²) >= 11 is 0. The molecule has 102 valence electrons. The van der Waals surface area contributed by atoms with E-state index in [9.17, 15) is 0 Å². The Bertz CT molecular complexity index is 350. The third-order valence-corrected chi connectivity index (χ3v) is 3.34. The maximum absolute atomic E-state index is 5.31. The van der Waals surface area contributed by atoms with Gasteiger partial charge in [-0.05, 0) is 56.8 Å². The van der Waals surface area contributed by atoms with Crippen molar-refractivity contribution in [3.05, 3.63) is 34.4 Å². The molecule has 0 fully saturated rings. The lowest BCUT2D eigenvalue weighted by molar-refractivity contribution is 0.166. The van der Waals surface area contributed by atoms with E-state index in [1.165, 1.54) is 22.3 Å². The minimum absolute atomic E-state index is 0.412. The van der Waals surface area contributed by atoms with E-state index in [1.54, 1.807) is 7.11 Å². The van der Waals surface area contributed by atoms with Gasteiger partial charge in [0.2, 0.25) is 0 Å². The molecule has 0 saturated carbocycles. The lowest BCUT2D eigenvalue weighted by Crippen LogP contribution is -2.36. The van der Waals surface area contributed by atoms with Crippen LogP contribution in [0, 0.1) is 20.8 Å². The monoisotopic (exact) mass is 249 g/mol. The molecule has 2 heteroatoms. The molecule has 1 atom stereocenters. The first-order valence-corrected chi connectivity index (χ1v) is 6.87. The highest BCUT2D eigenvalue weighted by molar-refractivity contribution is 5.38. The van der Waals surface area contributed by atoms with E-state index in [-0.39, 0.29) is 0 Å². The molecule has 0 aliphatic rings. The Morgan fingerprint density at radius 3 is 2.28 bits per heavy atom. The van der Waals surface area contributed by atoms with Crippen LogP contribution in [0.1, 0.15) is 35.6 Å². The van der Waals surface area contributed by atoms with Crippen LogP contribution in [0.15, 0.2) is 12.1 Å². The second kappa shape index (κ2) is 7.55. The van der Waals surface area contributed by atoms with Crippen molar-refractivity contribution < 1.29 is 4.74 Å². The van der Waals surface area contributed by atoms with Crippen molar-refractivity contribution in [2.75, 3.05) is 20.3 Å². The minimum Gasteiger partial charge on any atom is -0.383 e. The highest BCUT2D eigenvalue weighted by Crippen LogP contribution is 2.18. The molecule has 2 nitrogen and oxygen atoms in total. The molecule has 1 rings (SSSR count). The fraction of sp³-hybridized carbons (Fsp3) is 0.625. The Kier molecular flexibility index (Phi) is 6.37. The second-order valence-corrected chi connectivity index (χ2v) is 5.19. The molecule has 18 heavy (non-hydrogen) atoms. The Morgan fingerprint density at radius 2 is 1.78 bits per heavy atom. The zero-order chi connectivity index (χ0) is 13.5. The fourth-order valence-corrected chi connectivity index (χ4v) is 2.52. The molecule has 0 radical (unpaired) electrons. The Labute approximate surface area is 112 Å². The summed E-state index contributed by atoms with van der Waals surface area (Å²) in [6.45, 7) is 10.6. The minimum atomic E-state index is 0.412. The molecule has 0 aliphatic carbocycles. The predicted octanol–water partition coefficient (Wildman–Crippen LogP) is 3.17. The number of benzene rings is 1. The van der Waals surface area contributed by atoms with E-state index in [1.807, 2.05) is 0 Å². The number of hydrogen-bond donors (Lipinski definition) is 1. The Balaban J connectivity index is 2.79. The molecule has 0 aliphatic heterocycles. The topological polar surface area (TPSA) is 21.3 Å². The second-order valence-electron chi connectivity index (χ2n) is 5.19. The van der Waals surface area contributed by atoms with E-state index >= 15 is 0 Å². The Hall–Kier alpha value is -0.860. The van der Waals surface area contributed by atoms with Crippen molar-refractivity contribution in [3.8, 4) is 0 Å². The van der Waals surface area contributed by atoms with E-state index in [4.69, 9.17) is 4.74 Å². The zero-order valence-corrected chi connectivity index (χ0v) is 12.5.